The van der Waals surface area contributed by atoms with Crippen LogP contribution in [-0.4, -0.2) is 60.0 Å². The van der Waals surface area contributed by atoms with Gasteiger partial charge in [-0.05, 0) is 31.2 Å². The number of ether oxygens (including phenoxy) is 2. The van der Waals surface area contributed by atoms with Crippen LogP contribution in [0.15, 0.2) is 30.5 Å². The maximum absolute atomic E-state index is 12.2. The van der Waals surface area contributed by atoms with Gasteiger partial charge in [-0.1, -0.05) is 29.3 Å². The lowest BCUT2D eigenvalue weighted by molar-refractivity contribution is 0.0374. The summed E-state index contributed by atoms with van der Waals surface area (Å²) >= 11 is 12.1. The number of rotatable bonds is 8. The summed E-state index contributed by atoms with van der Waals surface area (Å²) in [5, 5.41) is 7.96. The standard InChI is InChI=1S/C18H22Cl2N4O3/c19-14-3-1-4-15(20)17(14)27-13-24-8-5-16(22-24)18(25)21-6-2-7-23-9-11-26-12-10-23/h1,3-5,8H,2,6-7,9-13H2,(H,21,25). The maximum atomic E-state index is 12.2. The Bertz CT molecular complexity index is 743. The number of hydrogen-bond donors (Lipinski definition) is 1. The van der Waals surface area contributed by atoms with Crippen molar-refractivity contribution >= 4 is 29.1 Å². The molecule has 1 aromatic carbocycles. The highest BCUT2D eigenvalue weighted by atomic mass is 35.5. The number of morpholine rings is 1. The Kier molecular flexibility index (Phi) is 7.34. The van der Waals surface area contributed by atoms with Crippen LogP contribution in [0.4, 0.5) is 0 Å². The van der Waals surface area contributed by atoms with E-state index in [1.165, 1.54) is 4.68 Å². The van der Waals surface area contributed by atoms with Gasteiger partial charge < -0.3 is 14.8 Å². The van der Waals surface area contributed by atoms with Crippen LogP contribution >= 0.6 is 23.2 Å². The minimum absolute atomic E-state index is 0.105. The molecule has 0 unspecified atom stereocenters. The molecule has 1 amide bonds. The summed E-state index contributed by atoms with van der Waals surface area (Å²) in [6.45, 7) is 5.13. The van der Waals surface area contributed by atoms with Crippen LogP contribution in [0.25, 0.3) is 0 Å². The topological polar surface area (TPSA) is 68.6 Å². The molecule has 1 aromatic heterocycles. The normalized spacial score (nSPS) is 14.9. The molecule has 0 bridgehead atoms. The molecule has 9 heteroatoms. The first kappa shape index (κ1) is 19.9. The number of aromatic nitrogens is 2. The van der Waals surface area contributed by atoms with Gasteiger partial charge in [-0.3, -0.25) is 9.69 Å². The number of para-hydroxylation sites is 1. The predicted molar refractivity (Wildman–Crippen MR) is 104 cm³/mol. The van der Waals surface area contributed by atoms with Gasteiger partial charge in [-0.15, -0.1) is 0 Å². The fourth-order valence-corrected chi connectivity index (χ4v) is 3.23. The van der Waals surface area contributed by atoms with Crippen molar-refractivity contribution < 1.29 is 14.3 Å². The Morgan fingerprint density at radius 1 is 1.22 bits per heavy atom. The van der Waals surface area contributed by atoms with Crippen molar-refractivity contribution in [3.05, 3.63) is 46.2 Å². The molecule has 0 atom stereocenters. The summed E-state index contributed by atoms with van der Waals surface area (Å²) in [5.74, 6) is 0.192. The molecule has 3 rings (SSSR count). The quantitative estimate of drug-likeness (QED) is 0.674. The van der Waals surface area contributed by atoms with E-state index in [1.54, 1.807) is 30.5 Å². The first-order valence-electron chi connectivity index (χ1n) is 8.82. The fourth-order valence-electron chi connectivity index (χ4n) is 2.73. The number of amides is 1. The third-order valence-corrected chi connectivity index (χ3v) is 4.77. The van der Waals surface area contributed by atoms with Crippen LogP contribution in [0.3, 0.4) is 0 Å². The van der Waals surface area contributed by atoms with E-state index < -0.39 is 0 Å². The summed E-state index contributed by atoms with van der Waals surface area (Å²) < 4.78 is 12.4. The van der Waals surface area contributed by atoms with Gasteiger partial charge in [-0.25, -0.2) is 4.68 Å². The summed E-state index contributed by atoms with van der Waals surface area (Å²) in [6, 6.07) is 6.78. The Labute approximate surface area is 168 Å². The maximum Gasteiger partial charge on any atom is 0.271 e. The van der Waals surface area contributed by atoms with Gasteiger partial charge in [0.2, 0.25) is 0 Å². The van der Waals surface area contributed by atoms with E-state index in [0.717, 1.165) is 39.3 Å². The molecule has 0 radical (unpaired) electrons. The number of nitrogens with zero attached hydrogens (tertiary/aromatic N) is 3. The largest absolute Gasteiger partial charge is 0.468 e. The van der Waals surface area contributed by atoms with Gasteiger partial charge in [0.05, 0.1) is 23.3 Å². The molecule has 2 aromatic rings. The van der Waals surface area contributed by atoms with Crippen molar-refractivity contribution in [2.45, 2.75) is 13.2 Å². The first-order chi connectivity index (χ1) is 13.1. The van der Waals surface area contributed by atoms with Crippen molar-refractivity contribution in [3.63, 3.8) is 0 Å². The molecule has 1 saturated heterocycles. The molecule has 0 saturated carbocycles. The Morgan fingerprint density at radius 2 is 1.96 bits per heavy atom. The first-order valence-corrected chi connectivity index (χ1v) is 9.57. The highest BCUT2D eigenvalue weighted by Crippen LogP contribution is 2.32. The van der Waals surface area contributed by atoms with E-state index in [4.69, 9.17) is 32.7 Å². The second kappa shape index (κ2) is 9.94. The molecular formula is C18H22Cl2N4O3. The van der Waals surface area contributed by atoms with Crippen LogP contribution in [0, 0.1) is 0 Å². The fraction of sp³-hybridized carbons (Fsp3) is 0.444. The lowest BCUT2D eigenvalue weighted by Crippen LogP contribution is -2.38. The minimum Gasteiger partial charge on any atom is -0.468 e. The molecule has 0 spiro atoms. The van der Waals surface area contributed by atoms with Gasteiger partial charge in [-0.2, -0.15) is 5.10 Å². The van der Waals surface area contributed by atoms with Crippen LogP contribution in [0.1, 0.15) is 16.9 Å². The second-order valence-corrected chi connectivity index (χ2v) is 6.94. The molecular weight excluding hydrogens is 391 g/mol. The molecule has 1 aliphatic rings. The van der Waals surface area contributed by atoms with Crippen LogP contribution in [-0.2, 0) is 11.5 Å². The molecule has 7 nitrogen and oxygen atoms in total. The molecule has 2 heterocycles. The predicted octanol–water partition coefficient (Wildman–Crippen LogP) is 2.68. The lowest BCUT2D eigenvalue weighted by Gasteiger charge is -2.26. The summed E-state index contributed by atoms with van der Waals surface area (Å²) in [5.41, 5.74) is 0.343. The average Bonchev–Trinajstić information content (AvgIpc) is 3.15. The van der Waals surface area contributed by atoms with Crippen molar-refractivity contribution in [2.75, 3.05) is 39.4 Å². The highest BCUT2D eigenvalue weighted by Gasteiger charge is 2.12. The van der Waals surface area contributed by atoms with E-state index in [-0.39, 0.29) is 12.6 Å². The number of hydrogen-bond acceptors (Lipinski definition) is 5. The molecule has 0 aliphatic carbocycles. The zero-order chi connectivity index (χ0) is 19.1. The van der Waals surface area contributed by atoms with Gasteiger partial charge in [0, 0.05) is 25.8 Å². The van der Waals surface area contributed by atoms with Crippen molar-refractivity contribution in [3.8, 4) is 5.75 Å². The Balaban J connectivity index is 1.42. The van der Waals surface area contributed by atoms with Gasteiger partial charge >= 0.3 is 0 Å². The molecule has 27 heavy (non-hydrogen) atoms. The highest BCUT2D eigenvalue weighted by molar-refractivity contribution is 6.37. The number of carbonyl (C=O) groups is 1. The van der Waals surface area contributed by atoms with E-state index in [0.29, 0.717) is 28.0 Å². The third kappa shape index (κ3) is 5.84. The van der Waals surface area contributed by atoms with E-state index in [1.807, 2.05) is 0 Å². The van der Waals surface area contributed by atoms with Crippen molar-refractivity contribution in [2.24, 2.45) is 0 Å². The SMILES string of the molecule is O=C(NCCCN1CCOCC1)c1ccn(COc2c(Cl)cccc2Cl)n1. The van der Waals surface area contributed by atoms with Crippen LogP contribution < -0.4 is 10.1 Å². The summed E-state index contributed by atoms with van der Waals surface area (Å²) in [4.78, 5) is 14.5. The smallest absolute Gasteiger partial charge is 0.271 e. The number of carbonyl (C=O) groups excluding carboxylic acids is 1. The monoisotopic (exact) mass is 412 g/mol. The molecule has 146 valence electrons. The molecule has 1 aliphatic heterocycles. The molecule has 1 N–H and O–H groups in total. The van der Waals surface area contributed by atoms with E-state index in [9.17, 15) is 4.79 Å². The average molecular weight is 413 g/mol. The van der Waals surface area contributed by atoms with Gasteiger partial charge in [0.1, 0.15) is 5.69 Å². The summed E-state index contributed by atoms with van der Waals surface area (Å²) in [6.07, 6.45) is 2.56. The van der Waals surface area contributed by atoms with E-state index in [2.05, 4.69) is 15.3 Å². The van der Waals surface area contributed by atoms with Crippen molar-refractivity contribution in [1.82, 2.24) is 20.0 Å². The third-order valence-electron chi connectivity index (χ3n) is 4.17. The Morgan fingerprint density at radius 3 is 2.70 bits per heavy atom. The minimum atomic E-state index is -0.202. The Hall–Kier alpha value is -1.80. The second-order valence-electron chi connectivity index (χ2n) is 6.13. The number of halogens is 2. The molecule has 1 fully saturated rings. The van der Waals surface area contributed by atoms with Gasteiger partial charge in [0.25, 0.3) is 5.91 Å². The number of nitrogens with one attached hydrogen (secondary N) is 1. The van der Waals surface area contributed by atoms with Crippen LogP contribution in [0.2, 0.25) is 10.0 Å². The van der Waals surface area contributed by atoms with E-state index >= 15 is 0 Å². The number of benzene rings is 1. The summed E-state index contributed by atoms with van der Waals surface area (Å²) in [7, 11) is 0. The van der Waals surface area contributed by atoms with Crippen LogP contribution in [0.5, 0.6) is 5.75 Å². The van der Waals surface area contributed by atoms with Gasteiger partial charge in [0.15, 0.2) is 12.5 Å². The zero-order valence-corrected chi connectivity index (χ0v) is 16.4. The zero-order valence-electron chi connectivity index (χ0n) is 14.9. The van der Waals surface area contributed by atoms with Crippen molar-refractivity contribution in [1.29, 1.82) is 0 Å². The lowest BCUT2D eigenvalue weighted by atomic mass is 10.3.